The second kappa shape index (κ2) is 4.58. The van der Waals surface area contributed by atoms with Gasteiger partial charge in [0, 0.05) is 6.42 Å². The maximum Gasteiger partial charge on any atom is 0.268 e. The van der Waals surface area contributed by atoms with Gasteiger partial charge >= 0.3 is 0 Å². The number of carbonyl (C=O) groups is 1. The van der Waals surface area contributed by atoms with E-state index in [1.165, 1.54) is 0 Å². The van der Waals surface area contributed by atoms with Crippen molar-refractivity contribution in [3.8, 4) is 0 Å². The summed E-state index contributed by atoms with van der Waals surface area (Å²) in [5.41, 5.74) is -0.917. The van der Waals surface area contributed by atoms with E-state index in [0.29, 0.717) is 18.8 Å². The zero-order chi connectivity index (χ0) is 12.9. The molecule has 2 aliphatic rings. The molecule has 0 aromatic rings. The van der Waals surface area contributed by atoms with Gasteiger partial charge in [-0.1, -0.05) is 13.8 Å². The van der Waals surface area contributed by atoms with Crippen LogP contribution in [0.2, 0.25) is 0 Å². The van der Waals surface area contributed by atoms with E-state index in [9.17, 15) is 13.2 Å². The van der Waals surface area contributed by atoms with Crippen LogP contribution in [0.5, 0.6) is 0 Å². The van der Waals surface area contributed by atoms with Crippen LogP contribution in [0.25, 0.3) is 0 Å². The van der Waals surface area contributed by atoms with E-state index in [1.54, 1.807) is 6.92 Å². The van der Waals surface area contributed by atoms with Gasteiger partial charge in [-0.2, -0.15) is 8.42 Å². The third kappa shape index (κ3) is 2.00. The molecular weight excluding hydrogens is 254 g/mol. The molecule has 0 aromatic heterocycles. The molecule has 0 amide bonds. The van der Waals surface area contributed by atoms with Crippen LogP contribution < -0.4 is 6.15 Å². The minimum absolute atomic E-state index is 0. The molecule has 0 spiro atoms. The molecule has 2 unspecified atom stereocenters. The van der Waals surface area contributed by atoms with Gasteiger partial charge in [-0.25, -0.2) is 0 Å². The molecule has 6 heteroatoms. The summed E-state index contributed by atoms with van der Waals surface area (Å²) in [7, 11) is -3.58. The summed E-state index contributed by atoms with van der Waals surface area (Å²) in [6, 6.07) is 0. The molecule has 2 saturated carbocycles. The minimum atomic E-state index is -3.58. The molecule has 0 heterocycles. The molecule has 2 aliphatic carbocycles. The van der Waals surface area contributed by atoms with Crippen molar-refractivity contribution in [3.05, 3.63) is 0 Å². The Morgan fingerprint density at radius 2 is 2.00 bits per heavy atom. The van der Waals surface area contributed by atoms with Crippen LogP contribution in [0.4, 0.5) is 0 Å². The lowest BCUT2D eigenvalue weighted by molar-refractivity contribution is -0.128. The first kappa shape index (κ1) is 15.6. The fraction of sp³-hybridized carbons (Fsp3) is 0.917. The van der Waals surface area contributed by atoms with E-state index >= 15 is 0 Å². The Morgan fingerprint density at radius 3 is 2.39 bits per heavy atom. The number of fused-ring (bicyclic) bond motifs is 2. The average molecular weight is 277 g/mol. The van der Waals surface area contributed by atoms with Gasteiger partial charge in [0.05, 0.1) is 17.8 Å². The van der Waals surface area contributed by atoms with Crippen molar-refractivity contribution in [2.45, 2.75) is 40.0 Å². The number of hydrogen-bond donors (Lipinski definition) is 1. The number of carbonyl (C=O) groups excluding carboxylic acids is 1. The van der Waals surface area contributed by atoms with Crippen LogP contribution in [-0.2, 0) is 19.1 Å². The number of hydrogen-bond acceptors (Lipinski definition) is 5. The van der Waals surface area contributed by atoms with Gasteiger partial charge in [0.15, 0.2) is 0 Å². The summed E-state index contributed by atoms with van der Waals surface area (Å²) in [6.07, 6.45) is 2.19. The van der Waals surface area contributed by atoms with Crippen LogP contribution in [0.1, 0.15) is 40.0 Å². The van der Waals surface area contributed by atoms with E-state index in [1.807, 2.05) is 13.8 Å². The molecule has 2 fully saturated rings. The van der Waals surface area contributed by atoms with Crippen LogP contribution in [0, 0.1) is 16.7 Å². The molecule has 106 valence electrons. The van der Waals surface area contributed by atoms with Crippen molar-refractivity contribution in [1.29, 1.82) is 0 Å². The first-order valence-electron chi connectivity index (χ1n) is 6.15. The third-order valence-corrected chi connectivity index (χ3v) is 6.30. The second-order valence-corrected chi connectivity index (χ2v) is 7.41. The van der Waals surface area contributed by atoms with Crippen molar-refractivity contribution in [3.63, 3.8) is 0 Å². The highest BCUT2D eigenvalue weighted by Crippen LogP contribution is 2.64. The fourth-order valence-corrected chi connectivity index (χ4v) is 5.35. The fourth-order valence-electron chi connectivity index (χ4n) is 3.63. The topological polar surface area (TPSA) is 95.4 Å². The molecule has 0 radical (unpaired) electrons. The van der Waals surface area contributed by atoms with E-state index in [0.717, 1.165) is 6.42 Å². The predicted molar refractivity (Wildman–Crippen MR) is 69.0 cm³/mol. The van der Waals surface area contributed by atoms with Gasteiger partial charge in [-0.3, -0.25) is 8.98 Å². The smallest absolute Gasteiger partial charge is 0.268 e. The summed E-state index contributed by atoms with van der Waals surface area (Å²) >= 11 is 0. The van der Waals surface area contributed by atoms with Gasteiger partial charge < -0.3 is 6.15 Å². The van der Waals surface area contributed by atoms with E-state index in [-0.39, 0.29) is 29.7 Å². The Labute approximate surface area is 109 Å². The highest BCUT2D eigenvalue weighted by atomic mass is 32.2. The summed E-state index contributed by atoms with van der Waals surface area (Å²) in [5.74, 6) is 0.310. The maximum atomic E-state index is 12.1. The van der Waals surface area contributed by atoms with Crippen molar-refractivity contribution < 1.29 is 17.4 Å². The van der Waals surface area contributed by atoms with E-state index in [2.05, 4.69) is 0 Å². The van der Waals surface area contributed by atoms with Crippen LogP contribution >= 0.6 is 0 Å². The number of ketones is 1. The minimum Gasteiger partial charge on any atom is -0.344 e. The van der Waals surface area contributed by atoms with Crippen LogP contribution in [0.15, 0.2) is 0 Å². The predicted octanol–water partition coefficient (Wildman–Crippen LogP) is 1.91. The average Bonchev–Trinajstić information content (AvgIpc) is 2.50. The van der Waals surface area contributed by atoms with Crippen molar-refractivity contribution in [2.75, 3.05) is 12.4 Å². The van der Waals surface area contributed by atoms with Gasteiger partial charge in [0.2, 0.25) is 0 Å². The van der Waals surface area contributed by atoms with Gasteiger partial charge in [-0.05, 0) is 31.1 Å². The molecule has 0 aromatic carbocycles. The molecular formula is C12H23NO4S. The number of rotatable bonds is 4. The van der Waals surface area contributed by atoms with Gasteiger partial charge in [0.25, 0.3) is 10.1 Å². The molecule has 0 aliphatic heterocycles. The molecule has 18 heavy (non-hydrogen) atoms. The Morgan fingerprint density at radius 1 is 1.39 bits per heavy atom. The van der Waals surface area contributed by atoms with Crippen molar-refractivity contribution in [1.82, 2.24) is 6.15 Å². The van der Waals surface area contributed by atoms with Crippen molar-refractivity contribution >= 4 is 15.9 Å². The largest absolute Gasteiger partial charge is 0.344 e. The SMILES string of the molecule is CCOS(=O)(=O)CC12CCC(CC1=O)C2(C)C.N. The Kier molecular flexibility index (Phi) is 3.97. The van der Waals surface area contributed by atoms with E-state index < -0.39 is 15.5 Å². The lowest BCUT2D eigenvalue weighted by Crippen LogP contribution is -2.42. The Balaban J connectivity index is 0.00000162. The molecule has 2 rings (SSSR count). The zero-order valence-electron chi connectivity index (χ0n) is 11.4. The Hall–Kier alpha value is -0.460. The van der Waals surface area contributed by atoms with Crippen molar-refractivity contribution in [2.24, 2.45) is 16.7 Å². The molecule has 3 N–H and O–H groups in total. The van der Waals surface area contributed by atoms with Crippen LogP contribution in [0.3, 0.4) is 0 Å². The zero-order valence-corrected chi connectivity index (χ0v) is 12.2. The number of Topliss-reactive ketones (excluding diaryl/α,β-unsaturated/α-hetero) is 1. The Bertz CT molecular complexity index is 443. The van der Waals surface area contributed by atoms with E-state index in [4.69, 9.17) is 4.18 Å². The quantitative estimate of drug-likeness (QED) is 0.792. The first-order chi connectivity index (χ1) is 7.75. The summed E-state index contributed by atoms with van der Waals surface area (Å²) < 4.78 is 28.5. The molecule has 5 nitrogen and oxygen atoms in total. The lowest BCUT2D eigenvalue weighted by Gasteiger charge is -2.35. The molecule has 2 bridgehead atoms. The monoisotopic (exact) mass is 277 g/mol. The highest BCUT2D eigenvalue weighted by Gasteiger charge is 2.65. The third-order valence-electron chi connectivity index (χ3n) is 4.86. The first-order valence-corrected chi connectivity index (χ1v) is 7.73. The lowest BCUT2D eigenvalue weighted by atomic mass is 9.70. The summed E-state index contributed by atoms with van der Waals surface area (Å²) in [6.45, 7) is 5.83. The van der Waals surface area contributed by atoms with Gasteiger partial charge in [0.1, 0.15) is 5.78 Å². The highest BCUT2D eigenvalue weighted by molar-refractivity contribution is 7.86. The second-order valence-electron chi connectivity index (χ2n) is 5.78. The van der Waals surface area contributed by atoms with Crippen LogP contribution in [-0.4, -0.2) is 26.6 Å². The normalized spacial score (nSPS) is 33.5. The van der Waals surface area contributed by atoms with Gasteiger partial charge in [-0.15, -0.1) is 0 Å². The summed E-state index contributed by atoms with van der Waals surface area (Å²) in [4.78, 5) is 12.1. The summed E-state index contributed by atoms with van der Waals surface area (Å²) in [5, 5.41) is 0. The standard InChI is InChI=1S/C12H20O4S.H3N/c1-4-16-17(14,15)8-12-6-5-9(7-10(12)13)11(12,2)3;/h9H,4-8H2,1-3H3;1H3. The maximum absolute atomic E-state index is 12.1. The molecule has 2 atom stereocenters. The molecule has 0 saturated heterocycles.